The van der Waals surface area contributed by atoms with Crippen molar-refractivity contribution in [3.8, 4) is 5.75 Å². The number of allylic oxidation sites excluding steroid dienone is 4. The number of hydrogen-bond acceptors (Lipinski definition) is 5. The highest BCUT2D eigenvalue weighted by molar-refractivity contribution is 7.73. The number of ketones is 1. The third-order valence-corrected chi connectivity index (χ3v) is 6.34. The first-order chi connectivity index (χ1) is 14.5. The SMILES string of the molecule is COc1ccc(C2=C(C)C(C(=O)c3c[nH]n(C(C)(C)C)c3=O)=CC(=S(=O)=O)C2C)cc1. The summed E-state index contributed by atoms with van der Waals surface area (Å²) in [7, 11) is -0.952. The second-order valence-corrected chi connectivity index (χ2v) is 9.45. The molecule has 0 fully saturated rings. The molecular formula is C23H26N2O5S. The number of carbonyl (C=O) groups is 1. The first-order valence-electron chi connectivity index (χ1n) is 9.86. The number of benzene rings is 1. The smallest absolute Gasteiger partial charge is 0.278 e. The largest absolute Gasteiger partial charge is 0.497 e. The molecule has 31 heavy (non-hydrogen) atoms. The Hall–Kier alpha value is -3.13. The Bertz CT molecular complexity index is 1290. The molecule has 8 heteroatoms. The van der Waals surface area contributed by atoms with Crippen molar-refractivity contribution in [3.05, 3.63) is 69.2 Å². The molecule has 1 N–H and O–H groups in total. The fraction of sp³-hybridized carbons (Fsp3) is 0.348. The maximum atomic E-state index is 13.4. The molecule has 0 amide bonds. The fourth-order valence-corrected chi connectivity index (χ4v) is 4.45. The maximum Gasteiger partial charge on any atom is 0.278 e. The second kappa shape index (κ2) is 8.19. The molecule has 1 aromatic heterocycles. The maximum absolute atomic E-state index is 13.4. The van der Waals surface area contributed by atoms with Crippen molar-refractivity contribution in [3.63, 3.8) is 0 Å². The van der Waals surface area contributed by atoms with Gasteiger partial charge in [0, 0.05) is 17.7 Å². The van der Waals surface area contributed by atoms with E-state index in [4.69, 9.17) is 4.74 Å². The van der Waals surface area contributed by atoms with Crippen molar-refractivity contribution in [2.24, 2.45) is 5.92 Å². The predicted molar refractivity (Wildman–Crippen MR) is 121 cm³/mol. The van der Waals surface area contributed by atoms with Gasteiger partial charge in [-0.2, -0.15) is 8.42 Å². The number of hydrogen-bond donors (Lipinski definition) is 1. The highest BCUT2D eigenvalue weighted by atomic mass is 32.2. The number of aromatic nitrogens is 2. The van der Waals surface area contributed by atoms with Crippen molar-refractivity contribution < 1.29 is 17.9 Å². The van der Waals surface area contributed by atoms with Crippen LogP contribution < -0.4 is 10.3 Å². The number of Topliss-reactive ketones (excluding diaryl/α,β-unsaturated/α-hetero) is 1. The van der Waals surface area contributed by atoms with Crippen LogP contribution in [-0.2, 0) is 15.8 Å². The van der Waals surface area contributed by atoms with E-state index in [-0.39, 0.29) is 16.0 Å². The molecule has 1 heterocycles. The van der Waals surface area contributed by atoms with Gasteiger partial charge in [-0.3, -0.25) is 9.59 Å². The van der Waals surface area contributed by atoms with Gasteiger partial charge in [0.15, 0.2) is 5.78 Å². The topological polar surface area (TPSA) is 98.2 Å². The zero-order valence-electron chi connectivity index (χ0n) is 18.4. The van der Waals surface area contributed by atoms with Crippen LogP contribution in [0.4, 0.5) is 0 Å². The minimum absolute atomic E-state index is 0.0276. The number of ether oxygens (including phenoxy) is 1. The van der Waals surface area contributed by atoms with Gasteiger partial charge in [-0.25, -0.2) is 4.68 Å². The Labute approximate surface area is 182 Å². The Morgan fingerprint density at radius 2 is 1.77 bits per heavy atom. The highest BCUT2D eigenvalue weighted by Crippen LogP contribution is 2.37. The molecule has 0 saturated heterocycles. The number of carbonyl (C=O) groups excluding carboxylic acids is 1. The molecule has 0 bridgehead atoms. The summed E-state index contributed by atoms with van der Waals surface area (Å²) >= 11 is 0. The van der Waals surface area contributed by atoms with Crippen LogP contribution in [0, 0.1) is 5.92 Å². The summed E-state index contributed by atoms with van der Waals surface area (Å²) in [6.07, 6.45) is 2.76. The summed E-state index contributed by atoms with van der Waals surface area (Å²) in [4.78, 5) is 26.3. The third-order valence-electron chi connectivity index (χ3n) is 5.48. The van der Waals surface area contributed by atoms with Gasteiger partial charge in [0.2, 0.25) is 10.3 Å². The lowest BCUT2D eigenvalue weighted by Gasteiger charge is -2.25. The van der Waals surface area contributed by atoms with Gasteiger partial charge in [-0.1, -0.05) is 19.1 Å². The first kappa shape index (κ1) is 22.6. The molecular weight excluding hydrogens is 416 g/mol. The number of aromatic amines is 1. The summed E-state index contributed by atoms with van der Waals surface area (Å²) in [6.45, 7) is 9.11. The summed E-state index contributed by atoms with van der Waals surface area (Å²) < 4.78 is 30.5. The van der Waals surface area contributed by atoms with E-state index in [1.54, 1.807) is 33.1 Å². The number of H-pyrrole nitrogens is 1. The summed E-state index contributed by atoms with van der Waals surface area (Å²) in [5.41, 5.74) is 1.34. The molecule has 3 rings (SSSR count). The van der Waals surface area contributed by atoms with E-state index >= 15 is 0 Å². The minimum atomic E-state index is -2.52. The van der Waals surface area contributed by atoms with Crippen LogP contribution in [0.1, 0.15) is 50.5 Å². The van der Waals surface area contributed by atoms with Crippen LogP contribution in [0.15, 0.2) is 52.5 Å². The van der Waals surface area contributed by atoms with Crippen LogP contribution in [0.3, 0.4) is 0 Å². The van der Waals surface area contributed by atoms with Gasteiger partial charge in [0.1, 0.15) is 11.3 Å². The zero-order chi connectivity index (χ0) is 23.1. The number of nitrogens with zero attached hydrogens (tertiary/aromatic N) is 1. The Morgan fingerprint density at radius 3 is 2.26 bits per heavy atom. The van der Waals surface area contributed by atoms with Crippen molar-refractivity contribution in [1.82, 2.24) is 9.78 Å². The lowest BCUT2D eigenvalue weighted by atomic mass is 9.79. The molecule has 1 aliphatic rings. The second-order valence-electron chi connectivity index (χ2n) is 8.51. The van der Waals surface area contributed by atoms with E-state index in [1.807, 2.05) is 32.9 Å². The van der Waals surface area contributed by atoms with E-state index in [0.29, 0.717) is 11.3 Å². The van der Waals surface area contributed by atoms with Crippen molar-refractivity contribution in [2.45, 2.75) is 40.2 Å². The average Bonchev–Trinajstić information content (AvgIpc) is 3.09. The van der Waals surface area contributed by atoms with E-state index in [2.05, 4.69) is 5.10 Å². The third kappa shape index (κ3) is 4.07. The molecule has 0 aliphatic heterocycles. The van der Waals surface area contributed by atoms with Gasteiger partial charge in [0.25, 0.3) is 5.56 Å². The van der Waals surface area contributed by atoms with Gasteiger partial charge in [-0.15, -0.1) is 0 Å². The summed E-state index contributed by atoms with van der Waals surface area (Å²) in [6, 6.07) is 7.22. The van der Waals surface area contributed by atoms with Gasteiger partial charge < -0.3 is 9.84 Å². The average molecular weight is 443 g/mol. The fourth-order valence-electron chi connectivity index (χ4n) is 3.83. The zero-order valence-corrected chi connectivity index (χ0v) is 19.3. The van der Waals surface area contributed by atoms with E-state index in [9.17, 15) is 18.0 Å². The van der Waals surface area contributed by atoms with Gasteiger partial charge >= 0.3 is 0 Å². The monoisotopic (exact) mass is 442 g/mol. The molecule has 164 valence electrons. The molecule has 0 radical (unpaired) electrons. The molecule has 1 aromatic carbocycles. The van der Waals surface area contributed by atoms with Crippen LogP contribution in [0.2, 0.25) is 0 Å². The van der Waals surface area contributed by atoms with Crippen LogP contribution in [-0.4, -0.2) is 36.0 Å². The van der Waals surface area contributed by atoms with Crippen molar-refractivity contribution >= 4 is 26.5 Å². The standard InChI is InChI=1S/C23H26N2O5S/c1-13-17(21(26)18-12-24-25(22(18)27)23(3,4)5)11-19(31(28)29)14(2)20(13)15-7-9-16(30-6)10-8-15/h7-12,14,24H,1-6H3. The minimum Gasteiger partial charge on any atom is -0.497 e. The summed E-state index contributed by atoms with van der Waals surface area (Å²) in [5, 5.41) is 2.84. The predicted octanol–water partition coefficient (Wildman–Crippen LogP) is 3.22. The van der Waals surface area contributed by atoms with E-state index in [1.165, 1.54) is 17.0 Å². The molecule has 0 saturated carbocycles. The lowest BCUT2D eigenvalue weighted by molar-refractivity contribution is 0.103. The first-order valence-corrected chi connectivity index (χ1v) is 10.9. The highest BCUT2D eigenvalue weighted by Gasteiger charge is 2.31. The Balaban J connectivity index is 2.20. The number of rotatable bonds is 4. The van der Waals surface area contributed by atoms with Crippen molar-refractivity contribution in [2.75, 3.05) is 7.11 Å². The molecule has 2 aromatic rings. The number of nitrogens with one attached hydrogen (secondary N) is 1. The van der Waals surface area contributed by atoms with Crippen LogP contribution >= 0.6 is 0 Å². The van der Waals surface area contributed by atoms with Gasteiger partial charge in [-0.05, 0) is 62.6 Å². The number of methoxy groups -OCH3 is 1. The quantitative estimate of drug-likeness (QED) is 0.579. The normalized spacial score (nSPS) is 16.9. The Kier molecular flexibility index (Phi) is 5.96. The van der Waals surface area contributed by atoms with Crippen LogP contribution in [0.5, 0.6) is 5.75 Å². The molecule has 1 atom stereocenters. The molecule has 0 spiro atoms. The lowest BCUT2D eigenvalue weighted by Crippen LogP contribution is -2.34. The molecule has 1 unspecified atom stereocenters. The van der Waals surface area contributed by atoms with Gasteiger partial charge in [0.05, 0.1) is 17.5 Å². The molecule has 1 aliphatic carbocycles. The van der Waals surface area contributed by atoms with E-state index < -0.39 is 33.1 Å². The summed E-state index contributed by atoms with van der Waals surface area (Å²) in [5.74, 6) is -0.285. The van der Waals surface area contributed by atoms with Crippen LogP contribution in [0.25, 0.3) is 5.57 Å². The van der Waals surface area contributed by atoms with Crippen molar-refractivity contribution in [1.29, 1.82) is 0 Å². The molecule has 7 nitrogen and oxygen atoms in total. The van der Waals surface area contributed by atoms with E-state index in [0.717, 1.165) is 11.1 Å². The Morgan fingerprint density at radius 1 is 1.16 bits per heavy atom.